The Kier molecular flexibility index (Phi) is 6.41. The fraction of sp³-hybridized carbons (Fsp3) is 0.800. The van der Waals surface area contributed by atoms with Gasteiger partial charge in [0.2, 0.25) is 0 Å². The van der Waals surface area contributed by atoms with E-state index in [-0.39, 0.29) is 12.8 Å². The molecule has 10 heteroatoms. The Bertz CT molecular complexity index is 350. The molecule has 0 bridgehead atoms. The molecule has 0 spiro atoms. The van der Waals surface area contributed by atoms with E-state index in [1.165, 1.54) is 0 Å². The largest absolute Gasteiger partial charge is 0.419 e. The van der Waals surface area contributed by atoms with Gasteiger partial charge in [0.15, 0.2) is 0 Å². The van der Waals surface area contributed by atoms with Gasteiger partial charge in [-0.3, -0.25) is 0 Å². The molecule has 116 valence electrons. The van der Waals surface area contributed by atoms with Crippen LogP contribution in [0, 0.1) is 0 Å². The zero-order chi connectivity index (χ0) is 15.6. The predicted molar refractivity (Wildman–Crippen MR) is 78.6 cm³/mol. The van der Waals surface area contributed by atoms with E-state index in [0.29, 0.717) is 12.8 Å². The van der Waals surface area contributed by atoms with Crippen molar-refractivity contribution in [2.75, 3.05) is 0 Å². The van der Waals surface area contributed by atoms with Crippen molar-refractivity contribution in [3.63, 3.8) is 0 Å². The molecule has 0 N–H and O–H groups in total. The van der Waals surface area contributed by atoms with Crippen LogP contribution >= 0.6 is 69.6 Å². The van der Waals surface area contributed by atoms with Gasteiger partial charge in [0.05, 0.1) is 0 Å². The molecule has 1 aliphatic carbocycles. The monoisotopic (exact) mass is 404 g/mol. The zero-order valence-corrected chi connectivity index (χ0v) is 14.5. The summed E-state index contributed by atoms with van der Waals surface area (Å²) < 4.78 is 5.55. The highest BCUT2D eigenvalue weighted by molar-refractivity contribution is 6.76. The SMILES string of the molecule is O=C(OC1(OC(=O)C(Cl)(Cl)Cl)CCCCC1)C(Cl)(Cl)Cl. The van der Waals surface area contributed by atoms with Gasteiger partial charge in [0.1, 0.15) is 0 Å². The van der Waals surface area contributed by atoms with Crippen LogP contribution in [0.5, 0.6) is 0 Å². The van der Waals surface area contributed by atoms with Gasteiger partial charge in [0, 0.05) is 12.8 Å². The predicted octanol–water partition coefficient (Wildman–Crippen LogP) is 4.47. The standard InChI is InChI=1S/C10H10Cl6O4/c11-9(12,13)6(17)19-8(4-2-1-3-5-8)20-7(18)10(14,15)16/h1-5H2. The minimum Gasteiger partial charge on any atom is -0.419 e. The molecule has 1 rings (SSSR count). The normalized spacial score (nSPS) is 19.3. The summed E-state index contributed by atoms with van der Waals surface area (Å²) in [6.07, 6.45) is 2.68. The highest BCUT2D eigenvalue weighted by atomic mass is 35.6. The summed E-state index contributed by atoms with van der Waals surface area (Å²) in [5, 5.41) is 0. The maximum atomic E-state index is 11.7. The summed E-state index contributed by atoms with van der Waals surface area (Å²) in [7, 11) is 0. The van der Waals surface area contributed by atoms with Crippen molar-refractivity contribution in [1.29, 1.82) is 0 Å². The lowest BCUT2D eigenvalue weighted by Crippen LogP contribution is -2.46. The molecule has 1 aliphatic rings. The first kappa shape index (κ1) is 18.7. The third-order valence-corrected chi connectivity index (χ3v) is 3.56. The molecular formula is C10H10Cl6O4. The molecule has 20 heavy (non-hydrogen) atoms. The Morgan fingerprint density at radius 2 is 1.10 bits per heavy atom. The quantitative estimate of drug-likeness (QED) is 0.385. The lowest BCUT2D eigenvalue weighted by atomic mass is 9.94. The second-order valence-electron chi connectivity index (χ2n) is 4.25. The summed E-state index contributed by atoms with van der Waals surface area (Å²) in [6.45, 7) is 0. The van der Waals surface area contributed by atoms with Crippen LogP contribution in [0.2, 0.25) is 0 Å². The first-order valence-electron chi connectivity index (χ1n) is 5.57. The summed E-state index contributed by atoms with van der Waals surface area (Å²) in [6, 6.07) is 0. The van der Waals surface area contributed by atoms with Gasteiger partial charge in [-0.2, -0.15) is 0 Å². The molecule has 0 heterocycles. The van der Waals surface area contributed by atoms with Crippen molar-refractivity contribution < 1.29 is 19.1 Å². The van der Waals surface area contributed by atoms with Crippen molar-refractivity contribution in [1.82, 2.24) is 0 Å². The van der Waals surface area contributed by atoms with Gasteiger partial charge < -0.3 is 9.47 Å². The van der Waals surface area contributed by atoms with Crippen molar-refractivity contribution in [3.8, 4) is 0 Å². The maximum absolute atomic E-state index is 11.7. The van der Waals surface area contributed by atoms with E-state index in [0.717, 1.165) is 6.42 Å². The third kappa shape index (κ3) is 5.47. The van der Waals surface area contributed by atoms with E-state index in [1.54, 1.807) is 0 Å². The Hall–Kier alpha value is 0.680. The van der Waals surface area contributed by atoms with Crippen molar-refractivity contribution in [3.05, 3.63) is 0 Å². The van der Waals surface area contributed by atoms with Crippen molar-refractivity contribution in [2.24, 2.45) is 0 Å². The number of hydrogen-bond donors (Lipinski definition) is 0. The molecule has 0 saturated heterocycles. The molecule has 0 amide bonds. The lowest BCUT2D eigenvalue weighted by molar-refractivity contribution is -0.237. The molecule has 1 fully saturated rings. The Morgan fingerprint density at radius 1 is 0.750 bits per heavy atom. The van der Waals surface area contributed by atoms with Crippen LogP contribution in [0.4, 0.5) is 0 Å². The minimum absolute atomic E-state index is 0.242. The fourth-order valence-electron chi connectivity index (χ4n) is 1.77. The molecule has 0 atom stereocenters. The lowest BCUT2D eigenvalue weighted by Gasteiger charge is -2.37. The van der Waals surface area contributed by atoms with Gasteiger partial charge in [0.25, 0.3) is 13.4 Å². The molecule has 0 aromatic rings. The van der Waals surface area contributed by atoms with Crippen LogP contribution in [-0.2, 0) is 19.1 Å². The maximum Gasteiger partial charge on any atom is 0.361 e. The van der Waals surface area contributed by atoms with E-state index in [4.69, 9.17) is 79.1 Å². The van der Waals surface area contributed by atoms with Crippen molar-refractivity contribution in [2.45, 2.75) is 45.5 Å². The Morgan fingerprint density at radius 3 is 1.40 bits per heavy atom. The summed E-state index contributed by atoms with van der Waals surface area (Å²) in [5.41, 5.74) is 0. The molecule has 0 aromatic carbocycles. The van der Waals surface area contributed by atoms with E-state index in [9.17, 15) is 9.59 Å². The Labute approximate surface area is 145 Å². The number of hydrogen-bond acceptors (Lipinski definition) is 4. The van der Waals surface area contributed by atoms with Gasteiger partial charge in [-0.1, -0.05) is 76.0 Å². The summed E-state index contributed by atoms with van der Waals surface area (Å²) in [4.78, 5) is 23.3. The van der Waals surface area contributed by atoms with Gasteiger partial charge in [-0.15, -0.1) is 0 Å². The van der Waals surface area contributed by atoms with Crippen molar-refractivity contribution >= 4 is 81.5 Å². The van der Waals surface area contributed by atoms with Gasteiger partial charge >= 0.3 is 11.9 Å². The smallest absolute Gasteiger partial charge is 0.361 e. The number of carbonyl (C=O) groups excluding carboxylic acids is 2. The number of halogens is 6. The third-order valence-electron chi connectivity index (χ3n) is 2.64. The van der Waals surface area contributed by atoms with E-state index in [1.807, 2.05) is 0 Å². The average Bonchev–Trinajstić information content (AvgIpc) is 2.27. The first-order chi connectivity index (χ1) is 8.96. The zero-order valence-electron chi connectivity index (χ0n) is 9.94. The fourth-order valence-corrected chi connectivity index (χ4v) is 2.00. The second kappa shape index (κ2) is 6.84. The number of rotatable bonds is 2. The Balaban J connectivity index is 2.87. The number of esters is 2. The topological polar surface area (TPSA) is 52.6 Å². The molecule has 0 radical (unpaired) electrons. The number of alkyl halides is 6. The minimum atomic E-state index is -2.28. The van der Waals surface area contributed by atoms with E-state index < -0.39 is 25.3 Å². The first-order valence-corrected chi connectivity index (χ1v) is 7.83. The highest BCUT2D eigenvalue weighted by Crippen LogP contribution is 2.39. The molecule has 4 nitrogen and oxygen atoms in total. The molecule has 0 aliphatic heterocycles. The average molecular weight is 407 g/mol. The van der Waals surface area contributed by atoms with Crippen LogP contribution in [-0.4, -0.2) is 25.3 Å². The van der Waals surface area contributed by atoms with Gasteiger partial charge in [-0.25, -0.2) is 9.59 Å². The number of carbonyl (C=O) groups is 2. The van der Waals surface area contributed by atoms with Crippen LogP contribution in [0.15, 0.2) is 0 Å². The van der Waals surface area contributed by atoms with E-state index in [2.05, 4.69) is 0 Å². The molecule has 0 unspecified atom stereocenters. The van der Waals surface area contributed by atoms with Crippen LogP contribution in [0.3, 0.4) is 0 Å². The van der Waals surface area contributed by atoms with Crippen LogP contribution in [0.1, 0.15) is 32.1 Å². The van der Waals surface area contributed by atoms with Crippen LogP contribution in [0.25, 0.3) is 0 Å². The summed E-state index contributed by atoms with van der Waals surface area (Å²) >= 11 is 32.6. The summed E-state index contributed by atoms with van der Waals surface area (Å²) in [5.74, 6) is -3.87. The molecule has 1 saturated carbocycles. The van der Waals surface area contributed by atoms with Crippen LogP contribution < -0.4 is 0 Å². The number of ether oxygens (including phenoxy) is 2. The molecule has 0 aromatic heterocycles. The highest BCUT2D eigenvalue weighted by Gasteiger charge is 2.47. The van der Waals surface area contributed by atoms with E-state index >= 15 is 0 Å². The van der Waals surface area contributed by atoms with Gasteiger partial charge in [-0.05, 0) is 12.8 Å². The molecular weight excluding hydrogens is 397 g/mol. The second-order valence-corrected chi connectivity index (χ2v) is 8.81.